The maximum Gasteiger partial charge on any atom is 0.242 e. The molecular formula is C15H26N2O3. The Morgan fingerprint density at radius 2 is 2.10 bits per heavy atom. The Bertz CT molecular complexity index is 381. The van der Waals surface area contributed by atoms with Crippen molar-refractivity contribution in [1.82, 2.24) is 9.80 Å². The highest BCUT2D eigenvalue weighted by Crippen LogP contribution is 2.28. The minimum Gasteiger partial charge on any atom is -0.393 e. The van der Waals surface area contributed by atoms with E-state index in [1.165, 1.54) is 0 Å². The van der Waals surface area contributed by atoms with Crippen molar-refractivity contribution < 1.29 is 14.7 Å². The third kappa shape index (κ3) is 3.95. The molecule has 114 valence electrons. The number of carbonyl (C=O) groups excluding carboxylic acids is 2. The summed E-state index contributed by atoms with van der Waals surface area (Å²) in [6, 6.07) is 0. The average Bonchev–Trinajstić information content (AvgIpc) is 2.49. The zero-order valence-electron chi connectivity index (χ0n) is 12.6. The fourth-order valence-electron chi connectivity index (χ4n) is 3.21. The van der Waals surface area contributed by atoms with Gasteiger partial charge in [-0.3, -0.25) is 9.59 Å². The zero-order valence-corrected chi connectivity index (χ0v) is 12.6. The maximum atomic E-state index is 12.4. The predicted molar refractivity (Wildman–Crippen MR) is 76.0 cm³/mol. The second kappa shape index (κ2) is 6.12. The Morgan fingerprint density at radius 3 is 2.80 bits per heavy atom. The van der Waals surface area contributed by atoms with Gasteiger partial charge < -0.3 is 14.9 Å². The van der Waals surface area contributed by atoms with E-state index in [4.69, 9.17) is 0 Å². The van der Waals surface area contributed by atoms with E-state index in [-0.39, 0.29) is 29.9 Å². The lowest BCUT2D eigenvalue weighted by molar-refractivity contribution is -0.142. The molecule has 5 heteroatoms. The van der Waals surface area contributed by atoms with Gasteiger partial charge in [-0.15, -0.1) is 0 Å². The fraction of sp³-hybridized carbons (Fsp3) is 0.867. The first kappa shape index (κ1) is 15.3. The van der Waals surface area contributed by atoms with Gasteiger partial charge in [0.2, 0.25) is 11.8 Å². The second-order valence-electron chi connectivity index (χ2n) is 6.90. The first-order valence-corrected chi connectivity index (χ1v) is 7.61. The van der Waals surface area contributed by atoms with Gasteiger partial charge in [-0.2, -0.15) is 0 Å². The van der Waals surface area contributed by atoms with Gasteiger partial charge in [0.25, 0.3) is 0 Å². The van der Waals surface area contributed by atoms with Crippen LogP contribution in [0.15, 0.2) is 0 Å². The molecule has 0 spiro atoms. The van der Waals surface area contributed by atoms with Crippen molar-refractivity contribution in [3.63, 3.8) is 0 Å². The molecule has 0 bridgehead atoms. The van der Waals surface area contributed by atoms with Crippen LogP contribution in [0.1, 0.15) is 46.0 Å². The van der Waals surface area contributed by atoms with Crippen LogP contribution in [0.3, 0.4) is 0 Å². The number of hydrogen-bond acceptors (Lipinski definition) is 3. The van der Waals surface area contributed by atoms with E-state index in [1.54, 1.807) is 4.90 Å². The van der Waals surface area contributed by atoms with E-state index in [0.29, 0.717) is 32.5 Å². The number of rotatable bonds is 2. The summed E-state index contributed by atoms with van der Waals surface area (Å²) in [6.07, 6.45) is 3.51. The van der Waals surface area contributed by atoms with E-state index in [0.717, 1.165) is 19.3 Å². The van der Waals surface area contributed by atoms with Gasteiger partial charge in [0.15, 0.2) is 0 Å². The van der Waals surface area contributed by atoms with Crippen molar-refractivity contribution in [2.24, 2.45) is 5.41 Å². The van der Waals surface area contributed by atoms with Crippen LogP contribution < -0.4 is 0 Å². The fourth-order valence-corrected chi connectivity index (χ4v) is 3.21. The molecule has 20 heavy (non-hydrogen) atoms. The van der Waals surface area contributed by atoms with Crippen LogP contribution in [0.4, 0.5) is 0 Å². The van der Waals surface area contributed by atoms with E-state index in [1.807, 2.05) is 4.90 Å². The number of likely N-dealkylation sites (tertiary alicyclic amines) is 2. The molecule has 1 atom stereocenters. The molecule has 0 aliphatic carbocycles. The average molecular weight is 282 g/mol. The predicted octanol–water partition coefficient (Wildman–Crippen LogP) is 1.01. The SMILES string of the molecule is CC1(C)C[C@H](O)CCN(C(=O)CN2CCCCC2=O)C1. The molecule has 5 nitrogen and oxygen atoms in total. The van der Waals surface area contributed by atoms with E-state index >= 15 is 0 Å². The van der Waals surface area contributed by atoms with Crippen molar-refractivity contribution in [2.75, 3.05) is 26.2 Å². The number of piperidine rings is 1. The van der Waals surface area contributed by atoms with Crippen LogP contribution in [0.5, 0.6) is 0 Å². The van der Waals surface area contributed by atoms with Crippen molar-refractivity contribution in [2.45, 2.75) is 52.1 Å². The molecule has 2 amide bonds. The van der Waals surface area contributed by atoms with Crippen LogP contribution in [0.2, 0.25) is 0 Å². The van der Waals surface area contributed by atoms with Crippen molar-refractivity contribution in [3.8, 4) is 0 Å². The Hall–Kier alpha value is -1.10. The van der Waals surface area contributed by atoms with Gasteiger partial charge in [-0.05, 0) is 31.1 Å². The zero-order chi connectivity index (χ0) is 14.8. The van der Waals surface area contributed by atoms with Crippen LogP contribution in [0.25, 0.3) is 0 Å². The van der Waals surface area contributed by atoms with Crippen LogP contribution in [-0.2, 0) is 9.59 Å². The minimum atomic E-state index is -0.334. The first-order valence-electron chi connectivity index (χ1n) is 7.61. The van der Waals surface area contributed by atoms with Crippen molar-refractivity contribution >= 4 is 11.8 Å². The number of aliphatic hydroxyl groups excluding tert-OH is 1. The molecule has 0 saturated carbocycles. The molecule has 0 radical (unpaired) electrons. The normalized spacial score (nSPS) is 27.4. The number of carbonyl (C=O) groups is 2. The van der Waals surface area contributed by atoms with E-state index < -0.39 is 0 Å². The van der Waals surface area contributed by atoms with Gasteiger partial charge >= 0.3 is 0 Å². The lowest BCUT2D eigenvalue weighted by Crippen LogP contribution is -2.46. The Kier molecular flexibility index (Phi) is 4.68. The summed E-state index contributed by atoms with van der Waals surface area (Å²) in [7, 11) is 0. The molecule has 0 aromatic rings. The Labute approximate surface area is 120 Å². The summed E-state index contributed by atoms with van der Waals surface area (Å²) in [5, 5.41) is 9.89. The summed E-state index contributed by atoms with van der Waals surface area (Å²) in [5.74, 6) is 0.112. The molecule has 2 aliphatic rings. The van der Waals surface area contributed by atoms with E-state index in [2.05, 4.69) is 13.8 Å². The second-order valence-corrected chi connectivity index (χ2v) is 6.90. The minimum absolute atomic E-state index is 0.0161. The smallest absolute Gasteiger partial charge is 0.242 e. The molecular weight excluding hydrogens is 256 g/mol. The largest absolute Gasteiger partial charge is 0.393 e. The van der Waals surface area contributed by atoms with Crippen molar-refractivity contribution in [1.29, 1.82) is 0 Å². The standard InChI is InChI=1S/C15H26N2O3/c1-15(2)9-12(18)6-8-17(11-15)14(20)10-16-7-4-3-5-13(16)19/h12,18H,3-11H2,1-2H3/t12-/m1/s1. The molecule has 2 rings (SSSR count). The highest BCUT2D eigenvalue weighted by Gasteiger charge is 2.32. The third-order valence-electron chi connectivity index (χ3n) is 4.24. The molecule has 0 aromatic heterocycles. The van der Waals surface area contributed by atoms with Crippen LogP contribution >= 0.6 is 0 Å². The lowest BCUT2D eigenvalue weighted by Gasteiger charge is -2.32. The molecule has 2 saturated heterocycles. The number of amides is 2. The van der Waals surface area contributed by atoms with Gasteiger partial charge in [0.1, 0.15) is 0 Å². The quantitative estimate of drug-likeness (QED) is 0.822. The van der Waals surface area contributed by atoms with Gasteiger partial charge in [0.05, 0.1) is 12.6 Å². The summed E-state index contributed by atoms with van der Waals surface area (Å²) in [6.45, 7) is 6.30. The first-order chi connectivity index (χ1) is 9.37. The molecule has 2 aliphatic heterocycles. The van der Waals surface area contributed by atoms with Gasteiger partial charge in [0, 0.05) is 26.1 Å². The number of aliphatic hydroxyl groups is 1. The van der Waals surface area contributed by atoms with Crippen LogP contribution in [0, 0.1) is 5.41 Å². The lowest BCUT2D eigenvalue weighted by atomic mass is 9.87. The monoisotopic (exact) mass is 282 g/mol. The summed E-state index contributed by atoms with van der Waals surface area (Å²) >= 11 is 0. The van der Waals surface area contributed by atoms with Crippen molar-refractivity contribution in [3.05, 3.63) is 0 Å². The highest BCUT2D eigenvalue weighted by molar-refractivity contribution is 5.85. The third-order valence-corrected chi connectivity index (χ3v) is 4.24. The molecule has 2 heterocycles. The number of hydrogen-bond donors (Lipinski definition) is 1. The topological polar surface area (TPSA) is 60.9 Å². The summed E-state index contributed by atoms with van der Waals surface area (Å²) in [4.78, 5) is 27.7. The highest BCUT2D eigenvalue weighted by atomic mass is 16.3. The maximum absolute atomic E-state index is 12.4. The Morgan fingerprint density at radius 1 is 1.35 bits per heavy atom. The van der Waals surface area contributed by atoms with Gasteiger partial charge in [-0.25, -0.2) is 0 Å². The molecule has 1 N–H and O–H groups in total. The molecule has 2 fully saturated rings. The molecule has 0 unspecified atom stereocenters. The summed E-state index contributed by atoms with van der Waals surface area (Å²) < 4.78 is 0. The Balaban J connectivity index is 1.95. The number of nitrogens with zero attached hydrogens (tertiary/aromatic N) is 2. The van der Waals surface area contributed by atoms with Gasteiger partial charge in [-0.1, -0.05) is 13.8 Å². The summed E-state index contributed by atoms with van der Waals surface area (Å²) in [5.41, 5.74) is -0.0719. The molecule has 0 aromatic carbocycles. The van der Waals surface area contributed by atoms with E-state index in [9.17, 15) is 14.7 Å². The van der Waals surface area contributed by atoms with Crippen LogP contribution in [-0.4, -0.2) is 59.0 Å².